The lowest BCUT2D eigenvalue weighted by molar-refractivity contribution is 0.0948. The van der Waals surface area contributed by atoms with Crippen LogP contribution in [0.25, 0.3) is 79.7 Å². The number of aromatic amines is 7. The van der Waals surface area contributed by atoms with Gasteiger partial charge in [-0.2, -0.15) is 36.5 Å². The summed E-state index contributed by atoms with van der Waals surface area (Å²) in [6.07, 6.45) is 0.971. The average Bonchev–Trinajstić information content (AvgIpc) is 1.16. The van der Waals surface area contributed by atoms with Gasteiger partial charge in [-0.05, 0) is 261 Å². The number of benzene rings is 14. The third kappa shape index (κ3) is 30.5. The number of amides is 6. The molecule has 147 heavy (non-hydrogen) atoms. The minimum atomic E-state index is -0.461. The standard InChI is InChI=1S/C16H16N4O.C15H12ClN5O.C15H12FN5O.2C15H13N5O.C14H12N6O.C14H12N4O/c1-2-15(12-6-4-3-5-7-12)21-14-10-8-13(9-11-14)16-17-19-20-18-16;2*1-9-2-7-13(12(16)8-9)17-15(22)11-5-3-10(4-6-11)14-18-20-21-19-14;1-10-2-8-13(9-3-10)16-15(21)12-6-4-11(5-7-12)14-17-19-20-18-14;21-15(16-10-11-4-2-1-3-5-11)13-8-6-12(7-9-13)14-17-19-20-18-14;21-14(15-11-4-2-1-3-5-11)16-12-8-6-10(7-9-12)13-17-19-20-18-13;1-2-4-11(5-3-1)10-19-13-8-6-12(7-9-13)14-15-17-18-16-14/h3-11,15H,2H2,1H3,(H,17,18,19,20);2*2-8H,1H3,(H,17,22)(H,18,19,20,21);2-9H,1H3,(H,16,21)(H,17,18,19,20);1-9H,10H2,(H,16,21)(H,17,18,19,20);1-9H,(H2,15,16,21)(H,17,18,19,20);1-9H,10H2,(H,15,16,17,18). The minimum Gasteiger partial charge on any atom is -0.489 e. The summed E-state index contributed by atoms with van der Waals surface area (Å²) in [6, 6.07) is 107. The number of H-pyrrole nitrogens is 7. The van der Waals surface area contributed by atoms with E-state index in [1.54, 1.807) is 134 Å². The molecule has 41 nitrogen and oxygen atoms in total. The van der Waals surface area contributed by atoms with Crippen LogP contribution in [0.5, 0.6) is 11.5 Å². The topological polar surface area (TPSA) is 557 Å². The van der Waals surface area contributed by atoms with Gasteiger partial charge in [0.2, 0.25) is 40.8 Å². The average molecular weight is 1980 g/mol. The van der Waals surface area contributed by atoms with Crippen molar-refractivity contribution in [1.29, 1.82) is 0 Å². The minimum absolute atomic E-state index is 0.0576. The van der Waals surface area contributed by atoms with Crippen molar-refractivity contribution in [2.75, 3.05) is 26.6 Å². The van der Waals surface area contributed by atoms with Gasteiger partial charge in [0.25, 0.3) is 23.6 Å². The Morgan fingerprint density at radius 3 is 0.993 bits per heavy atom. The predicted octanol–water partition coefficient (Wildman–Crippen LogP) is 18.2. The van der Waals surface area contributed by atoms with Crippen LogP contribution in [0.1, 0.15) is 94.3 Å². The molecule has 0 bridgehead atoms. The number of carbonyl (C=O) groups excluding carboxylic acids is 5. The summed E-state index contributed by atoms with van der Waals surface area (Å²) in [7, 11) is 0. The highest BCUT2D eigenvalue weighted by Gasteiger charge is 2.18. The number of hydrogen-bond acceptors (Lipinski definition) is 28. The summed E-state index contributed by atoms with van der Waals surface area (Å²) in [6.45, 7) is 8.90. The molecule has 0 saturated carbocycles. The van der Waals surface area contributed by atoms with Crippen molar-refractivity contribution in [2.45, 2.75) is 53.4 Å². The Kier molecular flexibility index (Phi) is 35.7. The molecule has 0 aliphatic rings. The predicted molar refractivity (Wildman–Crippen MR) is 547 cm³/mol. The Bertz CT molecular complexity index is 7450. The van der Waals surface area contributed by atoms with Gasteiger partial charge in [-0.1, -0.05) is 206 Å². The fourth-order valence-corrected chi connectivity index (χ4v) is 13.8. The molecule has 0 fully saturated rings. The quantitative estimate of drug-likeness (QED) is 0.0253. The molecule has 0 aliphatic heterocycles. The van der Waals surface area contributed by atoms with Crippen LogP contribution in [-0.4, -0.2) is 174 Å². The van der Waals surface area contributed by atoms with E-state index in [2.05, 4.69) is 195 Å². The van der Waals surface area contributed by atoms with Gasteiger partial charge in [0.05, 0.1) is 16.4 Å². The molecule has 43 heteroatoms. The van der Waals surface area contributed by atoms with Crippen LogP contribution in [0.4, 0.5) is 37.6 Å². The van der Waals surface area contributed by atoms with Crippen molar-refractivity contribution in [2.24, 2.45) is 0 Å². The zero-order valence-electron chi connectivity index (χ0n) is 78.7. The highest BCUT2D eigenvalue weighted by atomic mass is 35.5. The number of rotatable bonds is 25. The summed E-state index contributed by atoms with van der Waals surface area (Å²) in [5, 5.41) is 113. The van der Waals surface area contributed by atoms with E-state index in [4.69, 9.17) is 21.1 Å². The molecule has 7 aromatic heterocycles. The number of nitrogens with one attached hydrogen (secondary N) is 13. The zero-order chi connectivity index (χ0) is 102. The van der Waals surface area contributed by atoms with E-state index in [1.165, 1.54) is 17.7 Å². The number of anilines is 5. The Labute approximate surface area is 842 Å². The summed E-state index contributed by atoms with van der Waals surface area (Å²) >= 11 is 6.11. The molecule has 0 saturated heterocycles. The molecule has 1 atom stereocenters. The summed E-state index contributed by atoms with van der Waals surface area (Å²) < 4.78 is 25.5. The first kappa shape index (κ1) is 101. The first-order valence-corrected chi connectivity index (χ1v) is 45.5. The summed E-state index contributed by atoms with van der Waals surface area (Å²) in [5.74, 6) is 3.90. The number of tetrazole rings is 7. The van der Waals surface area contributed by atoms with E-state index in [0.717, 1.165) is 96.1 Å². The van der Waals surface area contributed by atoms with Gasteiger partial charge in [0.1, 0.15) is 30.0 Å². The van der Waals surface area contributed by atoms with Gasteiger partial charge >= 0.3 is 6.03 Å². The Hall–Kier alpha value is -20.5. The second-order valence-electron chi connectivity index (χ2n) is 31.6. The molecule has 7 heterocycles. The number of para-hydroxylation sites is 1. The SMILES string of the molecule is CCC(Oc1ccc(-c2nn[nH]n2)cc1)c1ccccc1.Cc1ccc(NC(=O)c2ccc(-c3nn[nH]n3)cc2)c(Cl)c1.Cc1ccc(NC(=O)c2ccc(-c3nn[nH]n3)cc2)c(F)c1.Cc1ccc(NC(=O)c2ccc(-c3nn[nH]n3)cc2)cc1.O=C(NCc1ccccc1)c1ccc(-c2nn[nH]n2)cc1.O=C(Nc1ccccc1)Nc1ccc(-c2nn[nH]n2)cc1.c1ccc(COc2ccc(-c3nn[nH]n3)cc2)cc1. The Morgan fingerprint density at radius 2 is 0.619 bits per heavy atom. The van der Waals surface area contributed by atoms with Gasteiger partial charge < -0.3 is 41.4 Å². The first-order chi connectivity index (χ1) is 71.9. The molecule has 14 aromatic carbocycles. The maximum Gasteiger partial charge on any atom is 0.323 e. The van der Waals surface area contributed by atoms with Crippen LogP contribution in [0, 0.1) is 26.6 Å². The third-order valence-corrected chi connectivity index (χ3v) is 21.4. The lowest BCUT2D eigenvalue weighted by Gasteiger charge is -2.18. The normalized spacial score (nSPS) is 10.6. The van der Waals surface area contributed by atoms with E-state index in [-0.39, 0.29) is 41.5 Å². The zero-order valence-corrected chi connectivity index (χ0v) is 79.4. The number of nitrogens with zero attached hydrogens (tertiary/aromatic N) is 21. The van der Waals surface area contributed by atoms with E-state index in [1.807, 2.05) is 214 Å². The highest BCUT2D eigenvalue weighted by molar-refractivity contribution is 6.34. The van der Waals surface area contributed by atoms with Crippen LogP contribution >= 0.6 is 11.6 Å². The molecule has 21 rings (SSSR count). The molecular formula is C104H90ClFN34O7. The molecule has 0 spiro atoms. The molecule has 1 unspecified atom stereocenters. The Morgan fingerprint density at radius 1 is 0.313 bits per heavy atom. The van der Waals surface area contributed by atoms with Crippen LogP contribution in [0.15, 0.2) is 352 Å². The van der Waals surface area contributed by atoms with Gasteiger partial charge in [-0.25, -0.2) is 9.18 Å². The van der Waals surface area contributed by atoms with Crippen LogP contribution in [0.2, 0.25) is 5.02 Å². The number of aryl methyl sites for hydroxylation is 3. The largest absolute Gasteiger partial charge is 0.489 e. The van der Waals surface area contributed by atoms with Gasteiger partial charge in [-0.3, -0.25) is 19.2 Å². The van der Waals surface area contributed by atoms with Crippen molar-refractivity contribution in [3.63, 3.8) is 0 Å². The number of hydrogen-bond donors (Lipinski definition) is 13. The fourth-order valence-electron chi connectivity index (χ4n) is 13.5. The number of halogens is 2. The van der Waals surface area contributed by atoms with Crippen molar-refractivity contribution < 1.29 is 37.8 Å². The maximum atomic E-state index is 13.7. The summed E-state index contributed by atoms with van der Waals surface area (Å²) in [5.41, 5.74) is 17.1. The second kappa shape index (κ2) is 52.0. The van der Waals surface area contributed by atoms with Gasteiger partial charge in [0, 0.05) is 84.8 Å². The van der Waals surface area contributed by atoms with Crippen molar-refractivity contribution >= 4 is 69.7 Å². The second-order valence-corrected chi connectivity index (χ2v) is 32.0. The number of urea groups is 1. The summed E-state index contributed by atoms with van der Waals surface area (Å²) in [4.78, 5) is 60.4. The molecular weight excluding hydrogens is 1890 g/mol. The van der Waals surface area contributed by atoms with Crippen molar-refractivity contribution in [3.05, 3.63) is 418 Å². The molecule has 0 aliphatic carbocycles. The van der Waals surface area contributed by atoms with E-state index < -0.39 is 5.82 Å². The van der Waals surface area contributed by atoms with E-state index in [9.17, 15) is 28.4 Å². The maximum absolute atomic E-state index is 13.7. The van der Waals surface area contributed by atoms with E-state index in [0.29, 0.717) is 92.6 Å². The highest BCUT2D eigenvalue weighted by Crippen LogP contribution is 2.30. The third-order valence-electron chi connectivity index (χ3n) is 21.1. The van der Waals surface area contributed by atoms with Crippen molar-refractivity contribution in [3.8, 4) is 91.2 Å². The first-order valence-electron chi connectivity index (χ1n) is 45.1. The monoisotopic (exact) mass is 1980 g/mol. The lowest BCUT2D eigenvalue weighted by Crippen LogP contribution is -2.22. The number of carbonyl (C=O) groups is 5. The Balaban J connectivity index is 0.000000129. The van der Waals surface area contributed by atoms with Gasteiger partial charge in [-0.15, -0.1) is 71.4 Å². The lowest BCUT2D eigenvalue weighted by atomic mass is 10.1. The van der Waals surface area contributed by atoms with Crippen LogP contribution < -0.4 is 41.4 Å². The fraction of sp³-hybridized carbons (Fsp3) is 0.0769. The smallest absolute Gasteiger partial charge is 0.323 e. The molecule has 13 N–H and O–H groups in total. The van der Waals surface area contributed by atoms with Crippen LogP contribution in [0.3, 0.4) is 0 Å². The van der Waals surface area contributed by atoms with Crippen LogP contribution in [-0.2, 0) is 13.2 Å². The molecule has 21 aromatic rings. The van der Waals surface area contributed by atoms with E-state index >= 15 is 0 Å². The molecule has 0 radical (unpaired) electrons. The van der Waals surface area contributed by atoms with Gasteiger partial charge in [0.15, 0.2) is 0 Å². The molecule has 6 amide bonds. The number of aromatic nitrogens is 28. The molecule has 732 valence electrons. The number of ether oxygens (including phenoxy) is 2. The van der Waals surface area contributed by atoms with Crippen molar-refractivity contribution in [1.82, 2.24) is 150 Å².